The minimum Gasteiger partial charge on any atom is -0.459 e. The molecular formula is C16H23NO3. The molecule has 0 saturated heterocycles. The summed E-state index contributed by atoms with van der Waals surface area (Å²) in [6.45, 7) is 8.10. The number of aryl methyl sites for hydroxylation is 1. The number of hydrogen-bond donors (Lipinski definition) is 1. The molecule has 0 spiro atoms. The van der Waals surface area contributed by atoms with Crippen molar-refractivity contribution in [1.29, 1.82) is 0 Å². The lowest BCUT2D eigenvalue weighted by atomic mass is 9.93. The molecule has 0 unspecified atom stereocenters. The van der Waals surface area contributed by atoms with Gasteiger partial charge in [0.2, 0.25) is 0 Å². The number of ether oxygens (including phenoxy) is 1. The van der Waals surface area contributed by atoms with Gasteiger partial charge < -0.3 is 10.1 Å². The Labute approximate surface area is 120 Å². The third-order valence-electron chi connectivity index (χ3n) is 3.41. The zero-order chi connectivity index (χ0) is 15.1. The second kappa shape index (κ2) is 7.68. The molecule has 4 heteroatoms. The van der Waals surface area contributed by atoms with Crippen LogP contribution < -0.4 is 5.32 Å². The average molecular weight is 277 g/mol. The number of carbonyl (C=O) groups excluding carboxylic acids is 2. The Hall–Kier alpha value is -1.84. The van der Waals surface area contributed by atoms with Crippen molar-refractivity contribution < 1.29 is 14.3 Å². The molecule has 4 nitrogen and oxygen atoms in total. The molecule has 1 rings (SSSR count). The van der Waals surface area contributed by atoms with Gasteiger partial charge in [0.1, 0.15) is 0 Å². The monoisotopic (exact) mass is 277 g/mol. The summed E-state index contributed by atoms with van der Waals surface area (Å²) in [6, 6.07) is 5.95. The second-order valence-electron chi connectivity index (χ2n) is 4.72. The van der Waals surface area contributed by atoms with Gasteiger partial charge in [-0.1, -0.05) is 39.0 Å². The Morgan fingerprint density at radius 2 is 1.95 bits per heavy atom. The van der Waals surface area contributed by atoms with E-state index in [1.807, 2.05) is 25.1 Å². The molecule has 1 aromatic rings. The number of hydrogen-bond acceptors (Lipinski definition) is 3. The highest BCUT2D eigenvalue weighted by Crippen LogP contribution is 2.30. The molecule has 0 saturated carbocycles. The summed E-state index contributed by atoms with van der Waals surface area (Å²) in [5.41, 5.74) is 2.84. The highest BCUT2D eigenvalue weighted by Gasteiger charge is 2.19. The van der Waals surface area contributed by atoms with Crippen LogP contribution in [0.1, 0.15) is 51.2 Å². The van der Waals surface area contributed by atoms with Crippen LogP contribution in [0.3, 0.4) is 0 Å². The molecule has 0 aliphatic carbocycles. The van der Waals surface area contributed by atoms with Gasteiger partial charge in [0.25, 0.3) is 0 Å². The molecule has 0 aromatic heterocycles. The van der Waals surface area contributed by atoms with Gasteiger partial charge in [-0.15, -0.1) is 0 Å². The molecule has 0 aliphatic rings. The van der Waals surface area contributed by atoms with E-state index in [2.05, 4.69) is 19.2 Å². The fourth-order valence-electron chi connectivity index (χ4n) is 2.06. The average Bonchev–Trinajstić information content (AvgIpc) is 2.46. The van der Waals surface area contributed by atoms with E-state index in [0.717, 1.165) is 29.7 Å². The summed E-state index contributed by atoms with van der Waals surface area (Å²) >= 11 is 0. The topological polar surface area (TPSA) is 55.4 Å². The first-order valence-corrected chi connectivity index (χ1v) is 7.14. The maximum absolute atomic E-state index is 11.8. The summed E-state index contributed by atoms with van der Waals surface area (Å²) in [5.74, 6) is -1.23. The third kappa shape index (κ3) is 3.83. The van der Waals surface area contributed by atoms with E-state index in [9.17, 15) is 9.59 Å². The SMILES string of the molecule is CCOC(=O)C(=O)Nc1c(CC)cccc1[C@@H](C)CC. The normalized spacial score (nSPS) is 11.8. The van der Waals surface area contributed by atoms with E-state index >= 15 is 0 Å². The molecule has 0 heterocycles. The fourth-order valence-corrected chi connectivity index (χ4v) is 2.06. The number of carbonyl (C=O) groups is 2. The third-order valence-corrected chi connectivity index (χ3v) is 3.41. The number of esters is 1. The van der Waals surface area contributed by atoms with Gasteiger partial charge in [-0.25, -0.2) is 4.79 Å². The molecule has 0 aliphatic heterocycles. The van der Waals surface area contributed by atoms with E-state index < -0.39 is 11.9 Å². The second-order valence-corrected chi connectivity index (χ2v) is 4.72. The van der Waals surface area contributed by atoms with Crippen LogP contribution in [0, 0.1) is 0 Å². The molecule has 0 radical (unpaired) electrons. The first-order chi connectivity index (χ1) is 9.54. The van der Waals surface area contributed by atoms with Gasteiger partial charge in [-0.05, 0) is 36.8 Å². The summed E-state index contributed by atoms with van der Waals surface area (Å²) < 4.78 is 4.73. The van der Waals surface area contributed by atoms with Crippen LogP contribution in [0.2, 0.25) is 0 Å². The zero-order valence-electron chi connectivity index (χ0n) is 12.7. The van der Waals surface area contributed by atoms with Crippen LogP contribution in [0.25, 0.3) is 0 Å². The highest BCUT2D eigenvalue weighted by molar-refractivity contribution is 6.37. The maximum Gasteiger partial charge on any atom is 0.397 e. The standard InChI is InChI=1S/C16H23NO3/c1-5-11(4)13-10-8-9-12(6-2)14(13)17-15(18)16(19)20-7-3/h8-11H,5-7H2,1-4H3,(H,17,18)/t11-/m0/s1. The number of para-hydroxylation sites is 1. The Balaban J connectivity index is 3.08. The minimum atomic E-state index is -0.839. The van der Waals surface area contributed by atoms with Crippen molar-refractivity contribution in [2.24, 2.45) is 0 Å². The van der Waals surface area contributed by atoms with E-state index in [-0.39, 0.29) is 6.61 Å². The summed E-state index contributed by atoms with van der Waals surface area (Å²) in [6.07, 6.45) is 1.76. The number of benzene rings is 1. The number of nitrogens with one attached hydrogen (secondary N) is 1. The Kier molecular flexibility index (Phi) is 6.22. The van der Waals surface area contributed by atoms with Crippen LogP contribution in [0.4, 0.5) is 5.69 Å². The van der Waals surface area contributed by atoms with Crippen LogP contribution in [0.15, 0.2) is 18.2 Å². The summed E-state index contributed by atoms with van der Waals surface area (Å²) in [7, 11) is 0. The lowest BCUT2D eigenvalue weighted by molar-refractivity contribution is -0.152. The molecule has 1 amide bonds. The van der Waals surface area contributed by atoms with Crippen LogP contribution in [0.5, 0.6) is 0 Å². The van der Waals surface area contributed by atoms with E-state index in [0.29, 0.717) is 5.92 Å². The van der Waals surface area contributed by atoms with E-state index in [4.69, 9.17) is 4.74 Å². The van der Waals surface area contributed by atoms with E-state index in [1.54, 1.807) is 6.92 Å². The van der Waals surface area contributed by atoms with Crippen molar-refractivity contribution in [3.05, 3.63) is 29.3 Å². The summed E-state index contributed by atoms with van der Waals surface area (Å²) in [5, 5.41) is 2.72. The van der Waals surface area contributed by atoms with Gasteiger partial charge in [0.05, 0.1) is 6.61 Å². The summed E-state index contributed by atoms with van der Waals surface area (Å²) in [4.78, 5) is 23.3. The fraction of sp³-hybridized carbons (Fsp3) is 0.500. The smallest absolute Gasteiger partial charge is 0.397 e. The van der Waals surface area contributed by atoms with Crippen LogP contribution >= 0.6 is 0 Å². The minimum absolute atomic E-state index is 0.194. The lowest BCUT2D eigenvalue weighted by Gasteiger charge is -2.18. The first-order valence-electron chi connectivity index (χ1n) is 7.14. The number of rotatable bonds is 5. The molecule has 0 fully saturated rings. The van der Waals surface area contributed by atoms with Gasteiger partial charge >= 0.3 is 11.9 Å². The van der Waals surface area contributed by atoms with Crippen LogP contribution in [-0.2, 0) is 20.7 Å². The quantitative estimate of drug-likeness (QED) is 0.664. The first kappa shape index (κ1) is 16.2. The van der Waals surface area contributed by atoms with Crippen molar-refractivity contribution in [2.75, 3.05) is 11.9 Å². The molecule has 1 N–H and O–H groups in total. The molecule has 20 heavy (non-hydrogen) atoms. The number of anilines is 1. The maximum atomic E-state index is 11.8. The lowest BCUT2D eigenvalue weighted by Crippen LogP contribution is -2.26. The van der Waals surface area contributed by atoms with Crippen molar-refractivity contribution in [3.63, 3.8) is 0 Å². The van der Waals surface area contributed by atoms with Crippen LogP contribution in [-0.4, -0.2) is 18.5 Å². The Morgan fingerprint density at radius 1 is 1.25 bits per heavy atom. The predicted molar refractivity (Wildman–Crippen MR) is 79.8 cm³/mol. The molecule has 1 atom stereocenters. The van der Waals surface area contributed by atoms with Gasteiger partial charge in [-0.3, -0.25) is 4.79 Å². The molecule has 1 aromatic carbocycles. The molecule has 0 bridgehead atoms. The zero-order valence-corrected chi connectivity index (χ0v) is 12.7. The highest BCUT2D eigenvalue weighted by atomic mass is 16.5. The molecule has 110 valence electrons. The van der Waals surface area contributed by atoms with Gasteiger partial charge in [0, 0.05) is 5.69 Å². The van der Waals surface area contributed by atoms with E-state index in [1.165, 1.54) is 0 Å². The Bertz CT molecular complexity index is 483. The Morgan fingerprint density at radius 3 is 2.50 bits per heavy atom. The molecular weight excluding hydrogens is 254 g/mol. The predicted octanol–water partition coefficient (Wildman–Crippen LogP) is 3.26. The van der Waals surface area contributed by atoms with Gasteiger partial charge in [0.15, 0.2) is 0 Å². The van der Waals surface area contributed by atoms with Crippen molar-refractivity contribution in [1.82, 2.24) is 0 Å². The van der Waals surface area contributed by atoms with Gasteiger partial charge in [-0.2, -0.15) is 0 Å². The van der Waals surface area contributed by atoms with Crippen molar-refractivity contribution in [2.45, 2.75) is 46.5 Å². The van der Waals surface area contributed by atoms with Crippen molar-refractivity contribution in [3.8, 4) is 0 Å². The number of amides is 1. The van der Waals surface area contributed by atoms with Crippen molar-refractivity contribution >= 4 is 17.6 Å². The largest absolute Gasteiger partial charge is 0.459 e.